The highest BCUT2D eigenvalue weighted by Gasteiger charge is 2.14. The van der Waals surface area contributed by atoms with Gasteiger partial charge in [-0.15, -0.1) is 0 Å². The number of likely N-dealkylation sites (tertiary alicyclic amines) is 1. The molecule has 0 aromatic heterocycles. The Morgan fingerprint density at radius 1 is 0.577 bits per heavy atom. The summed E-state index contributed by atoms with van der Waals surface area (Å²) in [5, 5.41) is 0. The summed E-state index contributed by atoms with van der Waals surface area (Å²) >= 11 is 2.07. The molecule has 3 rings (SSSR count). The molecular weight excluding hydrogens is 342 g/mol. The van der Waals surface area contributed by atoms with Crippen LogP contribution in [0.1, 0.15) is 54.4 Å². The van der Waals surface area contributed by atoms with Gasteiger partial charge in [0.05, 0.1) is 13.2 Å². The Balaban J connectivity index is 0.000000195. The van der Waals surface area contributed by atoms with Crippen LogP contribution in [0.25, 0.3) is 0 Å². The van der Waals surface area contributed by atoms with E-state index in [4.69, 9.17) is 4.74 Å². The van der Waals surface area contributed by atoms with Crippen LogP contribution >= 0.6 is 11.8 Å². The second-order valence-electron chi connectivity index (χ2n) is 8.32. The van der Waals surface area contributed by atoms with Gasteiger partial charge in [0.2, 0.25) is 0 Å². The standard InChI is InChI=1S/C7H15NO.C7H15NS.C7H15N/c2*1-7(2)8-3-5-9-6-4-8;1-7(2)8-5-3-4-6-8/h2*7H,3-6H2,1-2H3;7H,3-6H2,1-2H3. The molecule has 0 radical (unpaired) electrons. The zero-order valence-electron chi connectivity index (χ0n) is 18.4. The van der Waals surface area contributed by atoms with E-state index in [1.165, 1.54) is 50.5 Å². The molecule has 3 saturated heterocycles. The predicted molar refractivity (Wildman–Crippen MR) is 118 cm³/mol. The van der Waals surface area contributed by atoms with E-state index in [2.05, 4.69) is 68.0 Å². The SMILES string of the molecule is CC(C)N1CCCC1.CC(C)N1CCOCC1.CC(C)N1CCSCC1. The first-order valence-electron chi connectivity index (χ1n) is 10.8. The Morgan fingerprint density at radius 2 is 0.962 bits per heavy atom. The Kier molecular flexibility index (Phi) is 13.3. The lowest BCUT2D eigenvalue weighted by Gasteiger charge is -2.29. The molecule has 0 unspecified atom stereocenters. The largest absolute Gasteiger partial charge is 0.379 e. The van der Waals surface area contributed by atoms with Gasteiger partial charge < -0.3 is 9.64 Å². The van der Waals surface area contributed by atoms with Crippen LogP contribution in [0, 0.1) is 0 Å². The predicted octanol–water partition coefficient (Wildman–Crippen LogP) is 3.66. The minimum absolute atomic E-state index is 0.689. The van der Waals surface area contributed by atoms with Crippen LogP contribution in [0.15, 0.2) is 0 Å². The van der Waals surface area contributed by atoms with Gasteiger partial charge in [0.1, 0.15) is 0 Å². The molecule has 0 saturated carbocycles. The molecule has 0 aliphatic carbocycles. The lowest BCUT2D eigenvalue weighted by atomic mass is 10.3. The maximum atomic E-state index is 5.21. The average Bonchev–Trinajstić information content (AvgIpc) is 3.19. The molecule has 0 bridgehead atoms. The molecule has 26 heavy (non-hydrogen) atoms. The molecule has 5 heteroatoms. The molecule has 4 nitrogen and oxygen atoms in total. The van der Waals surface area contributed by atoms with Gasteiger partial charge in [-0.2, -0.15) is 11.8 Å². The smallest absolute Gasteiger partial charge is 0.0594 e. The van der Waals surface area contributed by atoms with Gasteiger partial charge >= 0.3 is 0 Å². The van der Waals surface area contributed by atoms with Crippen LogP contribution in [0.3, 0.4) is 0 Å². The van der Waals surface area contributed by atoms with Crippen molar-refractivity contribution in [1.82, 2.24) is 14.7 Å². The molecule has 0 N–H and O–H groups in total. The first-order chi connectivity index (χ1) is 12.4. The molecule has 0 amide bonds. The fraction of sp³-hybridized carbons (Fsp3) is 1.00. The van der Waals surface area contributed by atoms with E-state index >= 15 is 0 Å². The third-order valence-electron chi connectivity index (χ3n) is 5.42. The Hall–Kier alpha value is 0.190. The number of hydrogen-bond acceptors (Lipinski definition) is 5. The zero-order chi connectivity index (χ0) is 19.4. The van der Waals surface area contributed by atoms with Crippen LogP contribution in [0.5, 0.6) is 0 Å². The fourth-order valence-corrected chi connectivity index (χ4v) is 4.38. The van der Waals surface area contributed by atoms with E-state index < -0.39 is 0 Å². The van der Waals surface area contributed by atoms with Gasteiger partial charge in [0.25, 0.3) is 0 Å². The van der Waals surface area contributed by atoms with Crippen molar-refractivity contribution >= 4 is 11.8 Å². The van der Waals surface area contributed by atoms with Gasteiger partial charge in [-0.25, -0.2) is 0 Å². The number of nitrogens with zero attached hydrogens (tertiary/aromatic N) is 3. The number of rotatable bonds is 3. The second kappa shape index (κ2) is 14.2. The first-order valence-corrected chi connectivity index (χ1v) is 11.9. The minimum Gasteiger partial charge on any atom is -0.379 e. The lowest BCUT2D eigenvalue weighted by molar-refractivity contribution is 0.0238. The second-order valence-corrected chi connectivity index (χ2v) is 9.55. The van der Waals surface area contributed by atoms with Gasteiger partial charge in [0, 0.05) is 55.8 Å². The summed E-state index contributed by atoms with van der Waals surface area (Å²) in [7, 11) is 0. The van der Waals surface area contributed by atoms with E-state index in [9.17, 15) is 0 Å². The number of ether oxygens (including phenoxy) is 1. The highest BCUT2D eigenvalue weighted by Crippen LogP contribution is 2.11. The molecule has 0 spiro atoms. The average molecular weight is 388 g/mol. The van der Waals surface area contributed by atoms with Gasteiger partial charge in [-0.05, 0) is 67.5 Å². The van der Waals surface area contributed by atoms with Crippen molar-refractivity contribution in [3.63, 3.8) is 0 Å². The number of hydrogen-bond donors (Lipinski definition) is 0. The summed E-state index contributed by atoms with van der Waals surface area (Å²) in [6, 6.07) is 2.22. The summed E-state index contributed by atoms with van der Waals surface area (Å²) in [5.41, 5.74) is 0. The highest BCUT2D eigenvalue weighted by atomic mass is 32.2. The van der Waals surface area contributed by atoms with Crippen molar-refractivity contribution in [3.05, 3.63) is 0 Å². The van der Waals surface area contributed by atoms with E-state index in [1.807, 2.05) is 0 Å². The van der Waals surface area contributed by atoms with Crippen LogP contribution in [0.2, 0.25) is 0 Å². The maximum absolute atomic E-state index is 5.21. The summed E-state index contributed by atoms with van der Waals surface area (Å²) in [6.07, 6.45) is 2.83. The summed E-state index contributed by atoms with van der Waals surface area (Å²) in [6.45, 7) is 22.8. The summed E-state index contributed by atoms with van der Waals surface area (Å²) in [5.74, 6) is 2.66. The molecule has 156 valence electrons. The van der Waals surface area contributed by atoms with Crippen molar-refractivity contribution in [2.45, 2.75) is 72.5 Å². The number of thioether (sulfide) groups is 1. The molecule has 0 aromatic rings. The summed E-state index contributed by atoms with van der Waals surface area (Å²) in [4.78, 5) is 7.50. The molecule has 0 atom stereocenters. The zero-order valence-corrected chi connectivity index (χ0v) is 19.2. The van der Waals surface area contributed by atoms with Crippen LogP contribution in [-0.4, -0.2) is 96.8 Å². The fourth-order valence-electron chi connectivity index (χ4n) is 3.45. The van der Waals surface area contributed by atoms with Crippen LogP contribution < -0.4 is 0 Å². The molecule has 3 fully saturated rings. The van der Waals surface area contributed by atoms with Crippen molar-refractivity contribution in [3.8, 4) is 0 Å². The van der Waals surface area contributed by atoms with Crippen LogP contribution in [-0.2, 0) is 4.74 Å². The third kappa shape index (κ3) is 10.5. The first kappa shape index (κ1) is 24.2. The highest BCUT2D eigenvalue weighted by molar-refractivity contribution is 7.99. The van der Waals surface area contributed by atoms with Crippen molar-refractivity contribution in [1.29, 1.82) is 0 Å². The van der Waals surface area contributed by atoms with Crippen molar-refractivity contribution < 1.29 is 4.74 Å². The Labute approximate surface area is 168 Å². The minimum atomic E-state index is 0.689. The van der Waals surface area contributed by atoms with Crippen molar-refractivity contribution in [2.24, 2.45) is 0 Å². The molecule has 3 heterocycles. The molecule has 3 aliphatic heterocycles. The topological polar surface area (TPSA) is 19.0 Å². The normalized spacial score (nSPS) is 23.0. The summed E-state index contributed by atoms with van der Waals surface area (Å²) < 4.78 is 5.21. The Morgan fingerprint density at radius 3 is 1.27 bits per heavy atom. The molecule has 3 aliphatic rings. The van der Waals surface area contributed by atoms with Gasteiger partial charge in [-0.3, -0.25) is 9.80 Å². The van der Waals surface area contributed by atoms with Gasteiger partial charge in [-0.1, -0.05) is 0 Å². The molecule has 0 aromatic carbocycles. The van der Waals surface area contributed by atoms with E-state index in [0.717, 1.165) is 38.4 Å². The lowest BCUT2D eigenvalue weighted by Crippen LogP contribution is -2.40. The Bertz CT molecular complexity index is 299. The van der Waals surface area contributed by atoms with Crippen molar-refractivity contribution in [2.75, 3.05) is 64.0 Å². The third-order valence-corrected chi connectivity index (χ3v) is 6.37. The van der Waals surface area contributed by atoms with Crippen LogP contribution in [0.4, 0.5) is 0 Å². The maximum Gasteiger partial charge on any atom is 0.0594 e. The van der Waals surface area contributed by atoms with E-state index in [1.54, 1.807) is 0 Å². The van der Waals surface area contributed by atoms with Gasteiger partial charge in [0.15, 0.2) is 0 Å². The monoisotopic (exact) mass is 387 g/mol. The number of morpholine rings is 1. The van der Waals surface area contributed by atoms with E-state index in [0.29, 0.717) is 6.04 Å². The van der Waals surface area contributed by atoms with E-state index in [-0.39, 0.29) is 0 Å². The quantitative estimate of drug-likeness (QED) is 0.734. The molecular formula is C21H45N3OS.